The average Bonchev–Trinajstić information content (AvgIpc) is 3.02. The topological polar surface area (TPSA) is 55.8 Å². The van der Waals surface area contributed by atoms with Crippen LogP contribution in [0.5, 0.6) is 5.75 Å². The smallest absolute Gasteiger partial charge is 0.305 e. The van der Waals surface area contributed by atoms with Crippen LogP contribution in [0.15, 0.2) is 47.4 Å². The number of amides is 1. The van der Waals surface area contributed by atoms with E-state index in [9.17, 15) is 9.59 Å². The molecule has 9 heteroatoms. The second-order valence-corrected chi connectivity index (χ2v) is 9.29. The Morgan fingerprint density at radius 3 is 2.50 bits per heavy atom. The van der Waals surface area contributed by atoms with Gasteiger partial charge in [0, 0.05) is 28.6 Å². The molecule has 168 valence electrons. The zero-order valence-corrected chi connectivity index (χ0v) is 20.5. The van der Waals surface area contributed by atoms with E-state index >= 15 is 0 Å². The molecule has 0 bridgehead atoms. The summed E-state index contributed by atoms with van der Waals surface area (Å²) in [6.45, 7) is 2.75. The monoisotopic (exact) mass is 509 g/mol. The predicted molar refractivity (Wildman–Crippen MR) is 133 cm³/mol. The Morgan fingerprint density at radius 2 is 1.84 bits per heavy atom. The molecule has 0 N–H and O–H groups in total. The number of carbonyl (C=O) groups excluding carboxylic acids is 2. The van der Waals surface area contributed by atoms with Crippen molar-refractivity contribution in [1.82, 2.24) is 4.90 Å². The predicted octanol–water partition coefficient (Wildman–Crippen LogP) is 6.12. The molecule has 1 aliphatic rings. The van der Waals surface area contributed by atoms with Crippen LogP contribution in [0, 0.1) is 0 Å². The van der Waals surface area contributed by atoms with Gasteiger partial charge in [0.1, 0.15) is 16.7 Å². The summed E-state index contributed by atoms with van der Waals surface area (Å²) in [4.78, 5) is 26.2. The minimum Gasteiger partial charge on any atom is -0.489 e. The van der Waals surface area contributed by atoms with Gasteiger partial charge in [-0.25, -0.2) is 0 Å². The lowest BCUT2D eigenvalue weighted by atomic mass is 10.2. The summed E-state index contributed by atoms with van der Waals surface area (Å²) < 4.78 is 11.2. The maximum absolute atomic E-state index is 12.7. The zero-order chi connectivity index (χ0) is 23.1. The molecule has 5 nitrogen and oxygen atoms in total. The summed E-state index contributed by atoms with van der Waals surface area (Å²) in [6.07, 6.45) is 2.55. The van der Waals surface area contributed by atoms with Crippen LogP contribution in [0.3, 0.4) is 0 Å². The van der Waals surface area contributed by atoms with Crippen molar-refractivity contribution < 1.29 is 19.1 Å². The lowest BCUT2D eigenvalue weighted by Gasteiger charge is -2.13. The summed E-state index contributed by atoms with van der Waals surface area (Å²) in [5.41, 5.74) is 1.58. The highest BCUT2D eigenvalue weighted by Gasteiger charge is 2.31. The second-order valence-electron chi connectivity index (χ2n) is 6.80. The fourth-order valence-electron chi connectivity index (χ4n) is 2.94. The first-order chi connectivity index (χ1) is 15.4. The third-order valence-electron chi connectivity index (χ3n) is 4.56. The number of halogens is 2. The molecular weight excluding hydrogens is 489 g/mol. The molecule has 3 rings (SSSR count). The minimum absolute atomic E-state index is 0.155. The molecule has 0 aliphatic carbocycles. The molecule has 2 aromatic rings. The minimum atomic E-state index is -0.271. The van der Waals surface area contributed by atoms with Gasteiger partial charge in [-0.3, -0.25) is 14.5 Å². The van der Waals surface area contributed by atoms with Crippen LogP contribution in [0.25, 0.3) is 6.08 Å². The number of hydrogen-bond acceptors (Lipinski definition) is 6. The van der Waals surface area contributed by atoms with Crippen molar-refractivity contribution >= 4 is 69.5 Å². The van der Waals surface area contributed by atoms with E-state index in [1.807, 2.05) is 24.3 Å². The molecule has 0 spiro atoms. The number of thioether (sulfide) groups is 1. The molecule has 0 saturated carbocycles. The van der Waals surface area contributed by atoms with Gasteiger partial charge in [0.15, 0.2) is 0 Å². The van der Waals surface area contributed by atoms with Gasteiger partial charge in [-0.15, -0.1) is 0 Å². The number of esters is 1. The maximum atomic E-state index is 12.7. The third kappa shape index (κ3) is 6.48. The number of rotatable bonds is 9. The lowest BCUT2D eigenvalue weighted by Crippen LogP contribution is -2.29. The van der Waals surface area contributed by atoms with Crippen LogP contribution in [-0.4, -0.2) is 34.2 Å². The van der Waals surface area contributed by atoms with E-state index in [4.69, 9.17) is 44.9 Å². The van der Waals surface area contributed by atoms with Crippen molar-refractivity contribution in [3.05, 3.63) is 68.5 Å². The fourth-order valence-corrected chi connectivity index (χ4v) is 4.76. The Kier molecular flexibility index (Phi) is 8.99. The number of benzene rings is 2. The van der Waals surface area contributed by atoms with Crippen molar-refractivity contribution in [3.63, 3.8) is 0 Å². The quantitative estimate of drug-likeness (QED) is 0.230. The lowest BCUT2D eigenvalue weighted by molar-refractivity contribution is -0.143. The van der Waals surface area contributed by atoms with Crippen LogP contribution in [-0.2, 0) is 20.9 Å². The third-order valence-corrected chi connectivity index (χ3v) is 6.65. The SMILES string of the molecule is CCOC(=O)CCCN1C(=O)/C(=C/c2ccc(OCc3c(Cl)cccc3Cl)cc2)SC1=S. The summed E-state index contributed by atoms with van der Waals surface area (Å²) in [7, 11) is 0. The Labute approximate surface area is 206 Å². The molecule has 0 atom stereocenters. The number of hydrogen-bond donors (Lipinski definition) is 0. The van der Waals surface area contributed by atoms with Crippen LogP contribution in [0.4, 0.5) is 0 Å². The Bertz CT molecular complexity index is 1020. The Morgan fingerprint density at radius 1 is 1.16 bits per heavy atom. The van der Waals surface area contributed by atoms with Gasteiger partial charge in [-0.1, -0.05) is 65.4 Å². The number of nitrogens with zero attached hydrogens (tertiary/aromatic N) is 1. The molecule has 1 heterocycles. The van der Waals surface area contributed by atoms with E-state index in [-0.39, 0.29) is 24.9 Å². The molecule has 0 radical (unpaired) electrons. The number of thiocarbonyl (C=S) groups is 1. The van der Waals surface area contributed by atoms with E-state index in [1.54, 1.807) is 31.2 Å². The molecule has 1 fully saturated rings. The van der Waals surface area contributed by atoms with Crippen LogP contribution in [0.2, 0.25) is 10.0 Å². The van der Waals surface area contributed by atoms with Gasteiger partial charge in [0.25, 0.3) is 5.91 Å². The average molecular weight is 510 g/mol. The number of ether oxygens (including phenoxy) is 2. The molecule has 1 aliphatic heterocycles. The standard InChI is InChI=1S/C23H21Cl2NO4S2/c1-2-29-21(27)7-4-12-26-22(28)20(32-23(26)31)13-15-8-10-16(11-9-15)30-14-17-18(24)5-3-6-19(17)25/h3,5-6,8-11,13H,2,4,7,12,14H2,1H3/b20-13-. The van der Waals surface area contributed by atoms with E-state index in [2.05, 4.69) is 0 Å². The van der Waals surface area contributed by atoms with Gasteiger partial charge >= 0.3 is 5.97 Å². The summed E-state index contributed by atoms with van der Waals surface area (Å²) in [5, 5.41) is 1.11. The molecule has 32 heavy (non-hydrogen) atoms. The first kappa shape index (κ1) is 24.6. The fraction of sp³-hybridized carbons (Fsp3) is 0.261. The van der Waals surface area contributed by atoms with Crippen molar-refractivity contribution in [3.8, 4) is 5.75 Å². The molecule has 0 unspecified atom stereocenters. The van der Waals surface area contributed by atoms with Crippen molar-refractivity contribution in [2.75, 3.05) is 13.2 Å². The van der Waals surface area contributed by atoms with Crippen LogP contribution < -0.4 is 4.74 Å². The summed E-state index contributed by atoms with van der Waals surface area (Å²) >= 11 is 18.9. The molecule has 1 amide bonds. The van der Waals surface area contributed by atoms with Gasteiger partial charge in [0.2, 0.25) is 0 Å². The highest BCUT2D eigenvalue weighted by molar-refractivity contribution is 8.26. The van der Waals surface area contributed by atoms with Crippen molar-refractivity contribution in [2.45, 2.75) is 26.4 Å². The normalized spacial score (nSPS) is 14.8. The Balaban J connectivity index is 1.58. The molecule has 1 saturated heterocycles. The van der Waals surface area contributed by atoms with E-state index in [1.165, 1.54) is 16.7 Å². The van der Waals surface area contributed by atoms with Gasteiger partial charge < -0.3 is 9.47 Å². The van der Waals surface area contributed by atoms with Crippen LogP contribution in [0.1, 0.15) is 30.9 Å². The highest BCUT2D eigenvalue weighted by atomic mass is 35.5. The largest absolute Gasteiger partial charge is 0.489 e. The zero-order valence-electron chi connectivity index (χ0n) is 17.3. The van der Waals surface area contributed by atoms with E-state index in [0.29, 0.717) is 44.6 Å². The Hall–Kier alpha value is -2.06. The van der Waals surface area contributed by atoms with Gasteiger partial charge in [0.05, 0.1) is 11.5 Å². The maximum Gasteiger partial charge on any atom is 0.305 e. The summed E-state index contributed by atoms with van der Waals surface area (Å²) in [6, 6.07) is 12.7. The van der Waals surface area contributed by atoms with Crippen molar-refractivity contribution in [1.29, 1.82) is 0 Å². The second kappa shape index (κ2) is 11.7. The van der Waals surface area contributed by atoms with E-state index < -0.39 is 0 Å². The number of carbonyl (C=O) groups is 2. The molecule has 0 aromatic heterocycles. The molecule has 2 aromatic carbocycles. The van der Waals surface area contributed by atoms with Gasteiger partial charge in [-0.2, -0.15) is 0 Å². The van der Waals surface area contributed by atoms with E-state index in [0.717, 1.165) is 11.1 Å². The highest BCUT2D eigenvalue weighted by Crippen LogP contribution is 2.33. The first-order valence-corrected chi connectivity index (χ1v) is 11.9. The van der Waals surface area contributed by atoms with Crippen molar-refractivity contribution in [2.24, 2.45) is 0 Å². The molecular formula is C23H21Cl2NO4S2. The van der Waals surface area contributed by atoms with Crippen LogP contribution >= 0.6 is 47.2 Å². The summed E-state index contributed by atoms with van der Waals surface area (Å²) in [5.74, 6) is 0.231. The van der Waals surface area contributed by atoms with Gasteiger partial charge in [-0.05, 0) is 49.2 Å². The first-order valence-electron chi connectivity index (χ1n) is 9.95.